The maximum atomic E-state index is 13.0. The lowest BCUT2D eigenvalue weighted by Crippen LogP contribution is -1.96. The van der Waals surface area contributed by atoms with Gasteiger partial charge in [0.05, 0.1) is 10.9 Å². The van der Waals surface area contributed by atoms with Crippen molar-refractivity contribution in [2.45, 2.75) is 11.2 Å². The molecule has 0 bridgehead atoms. The maximum absolute atomic E-state index is 13.0. The van der Waals surface area contributed by atoms with Crippen molar-refractivity contribution >= 4 is 21.8 Å². The third kappa shape index (κ3) is 3.17. The van der Waals surface area contributed by atoms with E-state index in [2.05, 4.69) is 15.9 Å². The number of nitrogens with zero attached hydrogens (tertiary/aromatic N) is 1. The molecule has 1 unspecified atom stereocenters. The summed E-state index contributed by atoms with van der Waals surface area (Å²) in [4.78, 5) is 9.49. The van der Waals surface area contributed by atoms with E-state index in [1.807, 2.05) is 0 Å². The fraction of sp³-hybridized carbons (Fsp3) is 0.167. The Labute approximate surface area is 115 Å². The van der Waals surface area contributed by atoms with Gasteiger partial charge in [-0.05, 0) is 30.2 Å². The molecule has 0 amide bonds. The molecule has 0 fully saturated rings. The molecule has 1 heterocycles. The molecule has 0 radical (unpaired) electrons. The summed E-state index contributed by atoms with van der Waals surface area (Å²) in [6.07, 6.45) is 0.321. The van der Waals surface area contributed by atoms with Crippen LogP contribution >= 0.6 is 15.9 Å². The highest BCUT2D eigenvalue weighted by Crippen LogP contribution is 2.31. The highest BCUT2D eigenvalue weighted by atomic mass is 79.9. The molecular weight excluding hydrogens is 324 g/mol. The van der Waals surface area contributed by atoms with Crippen LogP contribution in [0.25, 0.3) is 0 Å². The highest BCUT2D eigenvalue weighted by Gasteiger charge is 2.18. The number of hydrogen-bond donors (Lipinski definition) is 0. The average molecular weight is 332 g/mol. The number of nitro groups is 1. The summed E-state index contributed by atoms with van der Waals surface area (Å²) in [7, 11) is 0. The van der Waals surface area contributed by atoms with Crippen molar-refractivity contribution in [1.82, 2.24) is 0 Å². The molecule has 100 valence electrons. The minimum absolute atomic E-state index is 0.321. The lowest BCUT2D eigenvalue weighted by atomic mass is 10.1. The van der Waals surface area contributed by atoms with Crippen molar-refractivity contribution in [2.75, 3.05) is 0 Å². The Balaban J connectivity index is 2.13. The molecule has 1 atom stereocenters. The van der Waals surface area contributed by atoms with Crippen LogP contribution in [0.1, 0.15) is 16.2 Å². The number of rotatable bonds is 4. The van der Waals surface area contributed by atoms with Gasteiger partial charge >= 0.3 is 5.88 Å². The van der Waals surface area contributed by atoms with Gasteiger partial charge in [0.15, 0.2) is 11.6 Å². The molecule has 2 rings (SSSR count). The summed E-state index contributed by atoms with van der Waals surface area (Å²) in [6, 6.07) is 6.28. The molecular formula is C12H8BrF2NO3. The summed E-state index contributed by atoms with van der Waals surface area (Å²) in [5.41, 5.74) is 0.555. The molecule has 0 saturated heterocycles. The number of halogens is 3. The Kier molecular flexibility index (Phi) is 3.94. The third-order valence-corrected chi connectivity index (χ3v) is 3.28. The SMILES string of the molecule is O=[N+]([O-])c1ccc(C(Br)Cc2ccc(F)c(F)c2)o1. The van der Waals surface area contributed by atoms with Crippen molar-refractivity contribution in [3.63, 3.8) is 0 Å². The van der Waals surface area contributed by atoms with Crippen molar-refractivity contribution in [3.05, 3.63) is 63.4 Å². The van der Waals surface area contributed by atoms with Gasteiger partial charge in [0.25, 0.3) is 0 Å². The molecule has 19 heavy (non-hydrogen) atoms. The predicted octanol–water partition coefficient (Wildman–Crippen LogP) is 4.14. The largest absolute Gasteiger partial charge is 0.433 e. The zero-order valence-corrected chi connectivity index (χ0v) is 11.1. The number of hydrogen-bond acceptors (Lipinski definition) is 3. The van der Waals surface area contributed by atoms with Crippen LogP contribution in [0.2, 0.25) is 0 Å². The van der Waals surface area contributed by atoms with Gasteiger partial charge in [0.2, 0.25) is 0 Å². The van der Waals surface area contributed by atoms with Crippen LogP contribution in [0.5, 0.6) is 0 Å². The molecule has 2 aromatic rings. The molecule has 0 N–H and O–H groups in total. The second-order valence-electron chi connectivity index (χ2n) is 3.85. The molecule has 4 nitrogen and oxygen atoms in total. The minimum atomic E-state index is -0.928. The Morgan fingerprint density at radius 2 is 2.00 bits per heavy atom. The molecule has 1 aromatic heterocycles. The van der Waals surface area contributed by atoms with E-state index in [0.29, 0.717) is 17.7 Å². The van der Waals surface area contributed by atoms with Gasteiger partial charge < -0.3 is 4.42 Å². The lowest BCUT2D eigenvalue weighted by molar-refractivity contribution is -0.402. The molecule has 0 spiro atoms. The van der Waals surface area contributed by atoms with Gasteiger partial charge in [0, 0.05) is 0 Å². The first-order chi connectivity index (χ1) is 8.97. The zero-order valence-electron chi connectivity index (χ0n) is 9.48. The van der Waals surface area contributed by atoms with Crippen LogP contribution in [0.3, 0.4) is 0 Å². The van der Waals surface area contributed by atoms with Crippen LogP contribution in [0.4, 0.5) is 14.7 Å². The average Bonchev–Trinajstić information content (AvgIpc) is 2.83. The van der Waals surface area contributed by atoms with Crippen molar-refractivity contribution in [1.29, 1.82) is 0 Å². The first-order valence-electron chi connectivity index (χ1n) is 5.29. The van der Waals surface area contributed by atoms with Crippen LogP contribution < -0.4 is 0 Å². The van der Waals surface area contributed by atoms with Crippen molar-refractivity contribution in [3.8, 4) is 0 Å². The summed E-state index contributed by atoms with van der Waals surface area (Å²) >= 11 is 3.30. The number of furan rings is 1. The topological polar surface area (TPSA) is 56.3 Å². The van der Waals surface area contributed by atoms with E-state index in [4.69, 9.17) is 4.42 Å². The first-order valence-corrected chi connectivity index (χ1v) is 6.21. The normalized spacial score (nSPS) is 12.4. The second-order valence-corrected chi connectivity index (χ2v) is 4.96. The van der Waals surface area contributed by atoms with E-state index in [1.165, 1.54) is 18.2 Å². The smallest absolute Gasteiger partial charge is 0.405 e. The molecule has 0 saturated carbocycles. The Hall–Kier alpha value is -1.76. The van der Waals surface area contributed by atoms with Crippen LogP contribution in [0.15, 0.2) is 34.7 Å². The molecule has 1 aromatic carbocycles. The standard InChI is InChI=1S/C12H8BrF2NO3/c13-8(11-3-4-12(19-11)16(17)18)5-7-1-2-9(14)10(15)6-7/h1-4,6,8H,5H2. The number of alkyl halides is 1. The quantitative estimate of drug-likeness (QED) is 0.480. The second kappa shape index (κ2) is 5.48. The number of benzene rings is 1. The van der Waals surface area contributed by atoms with E-state index in [1.54, 1.807) is 0 Å². The van der Waals surface area contributed by atoms with Crippen LogP contribution in [0, 0.1) is 21.7 Å². The van der Waals surface area contributed by atoms with Gasteiger partial charge in [-0.2, -0.15) is 0 Å². The van der Waals surface area contributed by atoms with E-state index >= 15 is 0 Å². The van der Waals surface area contributed by atoms with E-state index in [9.17, 15) is 18.9 Å². The highest BCUT2D eigenvalue weighted by molar-refractivity contribution is 9.09. The monoisotopic (exact) mass is 331 g/mol. The van der Waals surface area contributed by atoms with Gasteiger partial charge in [0.1, 0.15) is 10.7 Å². The van der Waals surface area contributed by atoms with Crippen LogP contribution in [-0.4, -0.2) is 4.92 Å². The molecule has 0 aliphatic heterocycles. The zero-order chi connectivity index (χ0) is 14.0. The molecule has 0 aliphatic carbocycles. The van der Waals surface area contributed by atoms with Crippen molar-refractivity contribution in [2.24, 2.45) is 0 Å². The van der Waals surface area contributed by atoms with Crippen LogP contribution in [-0.2, 0) is 6.42 Å². The van der Waals surface area contributed by atoms with E-state index in [-0.39, 0.29) is 10.7 Å². The minimum Gasteiger partial charge on any atom is -0.405 e. The Morgan fingerprint density at radius 1 is 1.26 bits per heavy atom. The maximum Gasteiger partial charge on any atom is 0.433 e. The molecule has 0 aliphatic rings. The van der Waals surface area contributed by atoms with Gasteiger partial charge in [-0.25, -0.2) is 8.78 Å². The van der Waals surface area contributed by atoms with Crippen molar-refractivity contribution < 1.29 is 18.1 Å². The molecule has 7 heteroatoms. The summed E-state index contributed by atoms with van der Waals surface area (Å²) in [5.74, 6) is -1.84. The Morgan fingerprint density at radius 3 is 2.58 bits per heavy atom. The fourth-order valence-corrected chi connectivity index (χ4v) is 2.20. The van der Waals surface area contributed by atoms with E-state index in [0.717, 1.165) is 12.1 Å². The van der Waals surface area contributed by atoms with E-state index < -0.39 is 16.6 Å². The summed E-state index contributed by atoms with van der Waals surface area (Å²) in [6.45, 7) is 0. The first kappa shape index (κ1) is 13.7. The van der Waals surface area contributed by atoms with Gasteiger partial charge in [-0.1, -0.05) is 22.0 Å². The predicted molar refractivity (Wildman–Crippen MR) is 67.1 cm³/mol. The summed E-state index contributed by atoms with van der Waals surface area (Å²) < 4.78 is 30.8. The summed E-state index contributed by atoms with van der Waals surface area (Å²) in [5, 5.41) is 10.5. The Bertz CT molecular complexity index is 615. The lowest BCUT2D eigenvalue weighted by Gasteiger charge is -2.06. The third-order valence-electron chi connectivity index (χ3n) is 2.50. The fourth-order valence-electron chi connectivity index (χ4n) is 1.58. The van der Waals surface area contributed by atoms with Gasteiger partial charge in [-0.15, -0.1) is 0 Å². The van der Waals surface area contributed by atoms with Gasteiger partial charge in [-0.3, -0.25) is 10.1 Å².